The molecule has 4 heteroatoms. The van der Waals surface area contributed by atoms with Gasteiger partial charge in [-0.15, -0.1) is 0 Å². The molecule has 1 unspecified atom stereocenters. The maximum Gasteiger partial charge on any atom is 0.304 e. The van der Waals surface area contributed by atoms with Gasteiger partial charge in [-0.1, -0.05) is 22.6 Å². The Hall–Kier alpha value is 0.550. The summed E-state index contributed by atoms with van der Waals surface area (Å²) in [7, 11) is 0. The lowest BCUT2D eigenvalue weighted by Crippen LogP contribution is -2.73. The molecule has 2 N–H and O–H groups in total. The molecule has 0 aliphatic carbocycles. The van der Waals surface area contributed by atoms with E-state index in [2.05, 4.69) is 39.8 Å². The van der Waals surface area contributed by atoms with Crippen molar-refractivity contribution in [1.82, 2.24) is 5.32 Å². The minimum Gasteiger partial charge on any atom is -0.269 e. The quantitative estimate of drug-likeness (QED) is 0.527. The zero-order chi connectivity index (χ0) is 7.40. The van der Waals surface area contributed by atoms with Crippen molar-refractivity contribution in [3.63, 3.8) is 0 Å². The first-order chi connectivity index (χ1) is 4.86. The van der Waals surface area contributed by atoms with Crippen molar-refractivity contribution < 1.29 is 4.99 Å². The van der Waals surface area contributed by atoms with E-state index in [-0.39, 0.29) is 0 Å². The van der Waals surface area contributed by atoms with Gasteiger partial charge in [-0.3, -0.25) is 10.3 Å². The van der Waals surface area contributed by atoms with Crippen LogP contribution in [0.2, 0.25) is 0 Å². The summed E-state index contributed by atoms with van der Waals surface area (Å²) < 4.78 is 1.23. The fraction of sp³-hybridized carbons (Fsp3) is 0.833. The van der Waals surface area contributed by atoms with Gasteiger partial charge in [0.05, 0.1) is 18.3 Å². The second kappa shape index (κ2) is 4.43. The molecule has 1 rings (SSSR count). The minimum absolute atomic E-state index is 0.773. The standard InChI is InChI=1S/C6H11IN2S/c1-2-8-6-9-4-5(3-7)10-6/h5H,2-4H2,1H3,(H,8,9)/p+1. The second-order valence-electron chi connectivity index (χ2n) is 2.13. The summed E-state index contributed by atoms with van der Waals surface area (Å²) in [5, 5.41) is 5.30. The Bertz CT molecular complexity index is 138. The van der Waals surface area contributed by atoms with Gasteiger partial charge >= 0.3 is 5.17 Å². The first kappa shape index (κ1) is 8.64. The average molecular weight is 271 g/mol. The molecule has 0 aromatic carbocycles. The van der Waals surface area contributed by atoms with E-state index in [1.165, 1.54) is 9.60 Å². The van der Waals surface area contributed by atoms with Gasteiger partial charge < -0.3 is 0 Å². The van der Waals surface area contributed by atoms with Crippen LogP contribution in [0.15, 0.2) is 0 Å². The molecule has 1 aliphatic rings. The molecule has 0 aromatic rings. The molecular weight excluding hydrogens is 259 g/mol. The van der Waals surface area contributed by atoms with Crippen molar-refractivity contribution in [2.24, 2.45) is 0 Å². The summed E-state index contributed by atoms with van der Waals surface area (Å²) in [5.41, 5.74) is 0. The normalized spacial score (nSPS) is 24.6. The molecule has 1 atom stereocenters. The first-order valence-electron chi connectivity index (χ1n) is 3.44. The predicted molar refractivity (Wildman–Crippen MR) is 54.8 cm³/mol. The third-order valence-corrected chi connectivity index (χ3v) is 4.14. The third-order valence-electron chi connectivity index (χ3n) is 1.28. The summed E-state index contributed by atoms with van der Waals surface area (Å²) in [6.45, 7) is 4.26. The van der Waals surface area contributed by atoms with Crippen LogP contribution >= 0.6 is 34.4 Å². The van der Waals surface area contributed by atoms with Crippen LogP contribution in [0.5, 0.6) is 0 Å². The molecule has 10 heavy (non-hydrogen) atoms. The number of alkyl halides is 1. The number of thioether (sulfide) groups is 1. The van der Waals surface area contributed by atoms with Gasteiger partial charge in [0.1, 0.15) is 0 Å². The fourth-order valence-corrected chi connectivity index (χ4v) is 2.62. The van der Waals surface area contributed by atoms with E-state index < -0.39 is 0 Å². The van der Waals surface area contributed by atoms with E-state index in [0.29, 0.717) is 0 Å². The second-order valence-corrected chi connectivity index (χ2v) is 4.33. The van der Waals surface area contributed by atoms with Gasteiger partial charge in [-0.05, 0) is 18.7 Å². The van der Waals surface area contributed by atoms with Gasteiger partial charge in [0, 0.05) is 4.43 Å². The van der Waals surface area contributed by atoms with Crippen LogP contribution in [0.1, 0.15) is 6.92 Å². The van der Waals surface area contributed by atoms with E-state index in [0.717, 1.165) is 18.3 Å². The number of hydrogen-bond donors (Lipinski definition) is 2. The third kappa shape index (κ3) is 2.30. The Morgan fingerprint density at radius 1 is 1.90 bits per heavy atom. The highest BCUT2D eigenvalue weighted by Crippen LogP contribution is 2.13. The Morgan fingerprint density at radius 3 is 3.20 bits per heavy atom. The summed E-state index contributed by atoms with van der Waals surface area (Å²) in [6, 6.07) is 0. The number of hydrogen-bond acceptors (Lipinski definition) is 2. The molecule has 0 fully saturated rings. The Labute approximate surface area is 79.4 Å². The highest BCUT2D eigenvalue weighted by molar-refractivity contribution is 14.1. The van der Waals surface area contributed by atoms with Crippen LogP contribution in [-0.2, 0) is 0 Å². The molecule has 2 nitrogen and oxygen atoms in total. The molecule has 0 saturated heterocycles. The van der Waals surface area contributed by atoms with Crippen molar-refractivity contribution in [2.45, 2.75) is 12.2 Å². The molecule has 58 valence electrons. The molecule has 0 spiro atoms. The van der Waals surface area contributed by atoms with Crippen molar-refractivity contribution in [3.8, 4) is 0 Å². The van der Waals surface area contributed by atoms with Crippen LogP contribution < -0.4 is 10.3 Å². The van der Waals surface area contributed by atoms with Crippen molar-refractivity contribution >= 4 is 39.5 Å². The summed E-state index contributed by atoms with van der Waals surface area (Å²) in [5.74, 6) is 0. The van der Waals surface area contributed by atoms with Crippen LogP contribution in [0, 0.1) is 0 Å². The van der Waals surface area contributed by atoms with Crippen molar-refractivity contribution in [2.75, 3.05) is 17.5 Å². The Balaban J connectivity index is 2.25. The number of rotatable bonds is 2. The summed E-state index contributed by atoms with van der Waals surface area (Å²) in [4.78, 5) is 3.32. The van der Waals surface area contributed by atoms with Crippen LogP contribution in [0.25, 0.3) is 0 Å². The molecule has 1 aliphatic heterocycles. The minimum atomic E-state index is 0.773. The maximum atomic E-state index is 3.32. The largest absolute Gasteiger partial charge is 0.304 e. The fourth-order valence-electron chi connectivity index (χ4n) is 0.807. The Morgan fingerprint density at radius 2 is 2.70 bits per heavy atom. The van der Waals surface area contributed by atoms with E-state index in [9.17, 15) is 0 Å². The van der Waals surface area contributed by atoms with E-state index in [1.54, 1.807) is 0 Å². The zero-order valence-corrected chi connectivity index (χ0v) is 8.96. The predicted octanol–water partition coefficient (Wildman–Crippen LogP) is -0.417. The lowest BCUT2D eigenvalue weighted by molar-refractivity contribution is -0.450. The molecule has 0 amide bonds. The lowest BCUT2D eigenvalue weighted by Gasteiger charge is -1.96. The van der Waals surface area contributed by atoms with Gasteiger partial charge in [-0.25, -0.2) is 0 Å². The summed E-state index contributed by atoms with van der Waals surface area (Å²) >= 11 is 4.35. The molecule has 0 aromatic heterocycles. The van der Waals surface area contributed by atoms with Gasteiger partial charge in [0.2, 0.25) is 0 Å². The van der Waals surface area contributed by atoms with E-state index >= 15 is 0 Å². The Kier molecular flexibility index (Phi) is 3.83. The van der Waals surface area contributed by atoms with Gasteiger partial charge in [-0.2, -0.15) is 0 Å². The van der Waals surface area contributed by atoms with Gasteiger partial charge in [0.15, 0.2) is 0 Å². The summed E-state index contributed by atoms with van der Waals surface area (Å²) in [6.07, 6.45) is 0. The van der Waals surface area contributed by atoms with Crippen LogP contribution in [0.3, 0.4) is 0 Å². The lowest BCUT2D eigenvalue weighted by atomic mass is 10.5. The smallest absolute Gasteiger partial charge is 0.269 e. The highest BCUT2D eigenvalue weighted by Gasteiger charge is 2.22. The van der Waals surface area contributed by atoms with E-state index in [4.69, 9.17) is 0 Å². The van der Waals surface area contributed by atoms with E-state index in [1.807, 2.05) is 11.8 Å². The first-order valence-corrected chi connectivity index (χ1v) is 5.84. The monoisotopic (exact) mass is 271 g/mol. The number of halogens is 1. The molecule has 0 saturated carbocycles. The average Bonchev–Trinajstić information content (AvgIpc) is 2.37. The number of amidine groups is 1. The zero-order valence-electron chi connectivity index (χ0n) is 5.98. The molecule has 0 bridgehead atoms. The van der Waals surface area contributed by atoms with Gasteiger partial charge in [0.25, 0.3) is 0 Å². The number of nitrogens with one attached hydrogen (secondary N) is 2. The highest BCUT2D eigenvalue weighted by atomic mass is 127. The maximum absolute atomic E-state index is 3.32. The topological polar surface area (TPSA) is 26.0 Å². The molecule has 0 radical (unpaired) electrons. The molecule has 1 heterocycles. The SMILES string of the molecule is CCNC1=[NH+]CC(CI)S1. The van der Waals surface area contributed by atoms with Crippen LogP contribution in [0.4, 0.5) is 0 Å². The van der Waals surface area contributed by atoms with Crippen molar-refractivity contribution in [3.05, 3.63) is 0 Å². The molecular formula is C6H12IN2S+. The van der Waals surface area contributed by atoms with Crippen molar-refractivity contribution in [1.29, 1.82) is 0 Å². The van der Waals surface area contributed by atoms with Crippen LogP contribution in [-0.4, -0.2) is 27.9 Å².